The molecule has 1 aromatic carbocycles. The summed E-state index contributed by atoms with van der Waals surface area (Å²) in [5, 5.41) is 13.8. The summed E-state index contributed by atoms with van der Waals surface area (Å²) in [6.45, 7) is 3.71. The maximum absolute atomic E-state index is 11.7. The Morgan fingerprint density at radius 3 is 2.24 bits per heavy atom. The van der Waals surface area contributed by atoms with Gasteiger partial charge in [-0.2, -0.15) is 0 Å². The Labute approximate surface area is 122 Å². The molecular formula is C14H19N3O4. The van der Waals surface area contributed by atoms with E-state index in [0.717, 1.165) is 0 Å². The minimum absolute atomic E-state index is 0.0332. The molecule has 0 aliphatic heterocycles. The zero-order valence-corrected chi connectivity index (χ0v) is 11.9. The molecule has 7 heteroatoms. The number of nitrogens with one attached hydrogen (secondary N) is 2. The number of benzene rings is 1. The van der Waals surface area contributed by atoms with Crippen LogP contribution in [0.15, 0.2) is 24.3 Å². The van der Waals surface area contributed by atoms with Crippen molar-refractivity contribution >= 4 is 23.5 Å². The van der Waals surface area contributed by atoms with Gasteiger partial charge in [-0.15, -0.1) is 0 Å². The second-order valence-electron chi connectivity index (χ2n) is 4.90. The van der Waals surface area contributed by atoms with Crippen molar-refractivity contribution in [2.24, 2.45) is 5.73 Å². The molecule has 0 saturated heterocycles. The van der Waals surface area contributed by atoms with Crippen molar-refractivity contribution in [2.75, 3.05) is 5.32 Å². The van der Waals surface area contributed by atoms with Gasteiger partial charge in [0, 0.05) is 17.3 Å². The lowest BCUT2D eigenvalue weighted by Crippen LogP contribution is -2.37. The molecule has 0 aliphatic rings. The summed E-state index contributed by atoms with van der Waals surface area (Å²) >= 11 is 0. The number of aliphatic carboxylic acids is 1. The highest BCUT2D eigenvalue weighted by Crippen LogP contribution is 2.10. The molecule has 1 aromatic rings. The van der Waals surface area contributed by atoms with Gasteiger partial charge in [-0.25, -0.2) is 0 Å². The second-order valence-corrected chi connectivity index (χ2v) is 4.90. The van der Waals surface area contributed by atoms with Crippen LogP contribution in [0.4, 0.5) is 5.69 Å². The molecule has 0 saturated carbocycles. The number of nitrogens with two attached hydrogens (primary N) is 1. The lowest BCUT2D eigenvalue weighted by Gasteiger charge is -2.11. The first-order valence-corrected chi connectivity index (χ1v) is 6.48. The molecule has 5 N–H and O–H groups in total. The maximum Gasteiger partial charge on any atom is 0.305 e. The summed E-state index contributed by atoms with van der Waals surface area (Å²) in [7, 11) is 0. The van der Waals surface area contributed by atoms with E-state index in [0.29, 0.717) is 11.3 Å². The summed E-state index contributed by atoms with van der Waals surface area (Å²) in [5.41, 5.74) is 6.36. The van der Waals surface area contributed by atoms with Crippen LogP contribution >= 0.6 is 0 Å². The molecule has 7 nitrogen and oxygen atoms in total. The van der Waals surface area contributed by atoms with Gasteiger partial charge in [0.25, 0.3) is 5.91 Å². The monoisotopic (exact) mass is 293 g/mol. The number of anilines is 1. The fraction of sp³-hybridized carbons (Fsp3) is 0.357. The summed E-state index contributed by atoms with van der Waals surface area (Å²) in [4.78, 5) is 33.8. The molecule has 0 aromatic heterocycles. The highest BCUT2D eigenvalue weighted by atomic mass is 16.4. The first kappa shape index (κ1) is 16.6. The van der Waals surface area contributed by atoms with Gasteiger partial charge in [0.05, 0.1) is 12.5 Å². The summed E-state index contributed by atoms with van der Waals surface area (Å²) in [6, 6.07) is 5.16. The number of carboxylic acids is 1. The molecular weight excluding hydrogens is 274 g/mol. The van der Waals surface area contributed by atoms with Gasteiger partial charge in [0.15, 0.2) is 0 Å². The lowest BCUT2D eigenvalue weighted by atomic mass is 10.1. The van der Waals surface area contributed by atoms with E-state index in [9.17, 15) is 14.4 Å². The highest BCUT2D eigenvalue weighted by Gasteiger charge is 2.17. The van der Waals surface area contributed by atoms with Crippen LogP contribution in [0.1, 0.15) is 30.6 Å². The van der Waals surface area contributed by atoms with E-state index in [4.69, 9.17) is 10.8 Å². The van der Waals surface area contributed by atoms with Crippen molar-refractivity contribution in [1.82, 2.24) is 5.32 Å². The smallest absolute Gasteiger partial charge is 0.305 e. The van der Waals surface area contributed by atoms with E-state index in [1.165, 1.54) is 0 Å². The van der Waals surface area contributed by atoms with Crippen LogP contribution in [0.5, 0.6) is 0 Å². The van der Waals surface area contributed by atoms with Gasteiger partial charge in [0.1, 0.15) is 0 Å². The molecule has 0 aliphatic carbocycles. The van der Waals surface area contributed by atoms with E-state index in [1.54, 1.807) is 24.3 Å². The van der Waals surface area contributed by atoms with Crippen LogP contribution in [-0.2, 0) is 9.59 Å². The number of carbonyl (C=O) groups excluding carboxylic acids is 2. The number of carbonyl (C=O) groups is 3. The van der Waals surface area contributed by atoms with Crippen molar-refractivity contribution in [3.05, 3.63) is 29.8 Å². The van der Waals surface area contributed by atoms with Crippen LogP contribution in [0, 0.1) is 0 Å². The lowest BCUT2D eigenvalue weighted by molar-refractivity contribution is -0.138. The number of hydrogen-bond donors (Lipinski definition) is 4. The minimum atomic E-state index is -1.14. The largest absolute Gasteiger partial charge is 0.481 e. The quantitative estimate of drug-likeness (QED) is 0.610. The average molecular weight is 293 g/mol. The zero-order valence-electron chi connectivity index (χ0n) is 11.9. The molecule has 21 heavy (non-hydrogen) atoms. The Bertz CT molecular complexity index is 526. The third-order valence-corrected chi connectivity index (χ3v) is 2.57. The van der Waals surface area contributed by atoms with Crippen LogP contribution in [0.2, 0.25) is 0 Å². The predicted molar refractivity (Wildman–Crippen MR) is 77.9 cm³/mol. The van der Waals surface area contributed by atoms with Crippen LogP contribution in [0.3, 0.4) is 0 Å². The Hall–Kier alpha value is -2.41. The average Bonchev–Trinajstić information content (AvgIpc) is 2.37. The van der Waals surface area contributed by atoms with Gasteiger partial charge in [-0.3, -0.25) is 14.4 Å². The highest BCUT2D eigenvalue weighted by molar-refractivity contribution is 5.98. The van der Waals surface area contributed by atoms with Crippen molar-refractivity contribution in [2.45, 2.75) is 32.4 Å². The van der Waals surface area contributed by atoms with E-state index < -0.39 is 24.3 Å². The summed E-state index contributed by atoms with van der Waals surface area (Å²) in [6.07, 6.45) is -0.444. The Morgan fingerprint density at radius 2 is 1.76 bits per heavy atom. The number of hydrogen-bond acceptors (Lipinski definition) is 4. The second kappa shape index (κ2) is 7.39. The number of amides is 2. The predicted octanol–water partition coefficient (Wildman–Crippen LogP) is 0.565. The molecule has 0 radical (unpaired) electrons. The van der Waals surface area contributed by atoms with Crippen LogP contribution in [0.25, 0.3) is 0 Å². The normalized spacial score (nSPS) is 11.8. The van der Waals surface area contributed by atoms with Crippen molar-refractivity contribution in [1.29, 1.82) is 0 Å². The topological polar surface area (TPSA) is 122 Å². The summed E-state index contributed by atoms with van der Waals surface area (Å²) in [5.74, 6) is -1.93. The van der Waals surface area contributed by atoms with Gasteiger partial charge in [0.2, 0.25) is 5.91 Å². The van der Waals surface area contributed by atoms with Gasteiger partial charge < -0.3 is 21.5 Å². The molecule has 2 amide bonds. The van der Waals surface area contributed by atoms with E-state index in [-0.39, 0.29) is 11.9 Å². The molecule has 1 rings (SSSR count). The Kier molecular flexibility index (Phi) is 5.86. The molecule has 1 unspecified atom stereocenters. The molecule has 0 spiro atoms. The summed E-state index contributed by atoms with van der Waals surface area (Å²) < 4.78 is 0. The van der Waals surface area contributed by atoms with Crippen LogP contribution < -0.4 is 16.4 Å². The van der Waals surface area contributed by atoms with E-state index in [1.807, 2.05) is 13.8 Å². The van der Waals surface area contributed by atoms with Gasteiger partial charge in [-0.1, -0.05) is 0 Å². The number of rotatable bonds is 6. The standard InChI is InChI=1S/C14H19N3O4/c1-8(2)16-13(20)9-3-5-10(6-4-9)17-14(21)11(15)7-12(18)19/h3-6,8,11H,7,15H2,1-2H3,(H,16,20)(H,17,21)(H,18,19). The van der Waals surface area contributed by atoms with Crippen molar-refractivity contribution in [3.63, 3.8) is 0 Å². The molecule has 0 heterocycles. The SMILES string of the molecule is CC(C)NC(=O)c1ccc(NC(=O)C(N)CC(=O)O)cc1. The van der Waals surface area contributed by atoms with Gasteiger partial charge >= 0.3 is 5.97 Å². The Morgan fingerprint density at radius 1 is 1.19 bits per heavy atom. The molecule has 114 valence electrons. The van der Waals surface area contributed by atoms with E-state index in [2.05, 4.69) is 10.6 Å². The third kappa shape index (κ3) is 5.62. The molecule has 0 fully saturated rings. The molecule has 1 atom stereocenters. The Balaban J connectivity index is 2.64. The van der Waals surface area contributed by atoms with Crippen molar-refractivity contribution < 1.29 is 19.5 Å². The van der Waals surface area contributed by atoms with E-state index >= 15 is 0 Å². The van der Waals surface area contributed by atoms with Crippen LogP contribution in [-0.4, -0.2) is 35.0 Å². The first-order chi connectivity index (χ1) is 9.79. The number of carboxylic acid groups (broad SMARTS) is 1. The maximum atomic E-state index is 11.7. The fourth-order valence-electron chi connectivity index (χ4n) is 1.57. The van der Waals surface area contributed by atoms with Gasteiger partial charge in [-0.05, 0) is 38.1 Å². The third-order valence-electron chi connectivity index (χ3n) is 2.57. The van der Waals surface area contributed by atoms with Crippen molar-refractivity contribution in [3.8, 4) is 0 Å². The fourth-order valence-corrected chi connectivity index (χ4v) is 1.57. The molecule has 0 bridgehead atoms. The first-order valence-electron chi connectivity index (χ1n) is 6.48. The zero-order chi connectivity index (χ0) is 16.0. The minimum Gasteiger partial charge on any atom is -0.481 e.